The summed E-state index contributed by atoms with van der Waals surface area (Å²) in [6.07, 6.45) is 5.63. The van der Waals surface area contributed by atoms with Crippen molar-refractivity contribution in [3.63, 3.8) is 0 Å². The van der Waals surface area contributed by atoms with Gasteiger partial charge in [-0.2, -0.15) is 0 Å². The van der Waals surface area contributed by atoms with Crippen molar-refractivity contribution in [3.05, 3.63) is 35.9 Å². The normalized spacial score (nSPS) is 22.2. The van der Waals surface area contributed by atoms with Gasteiger partial charge in [0.25, 0.3) is 5.91 Å². The summed E-state index contributed by atoms with van der Waals surface area (Å²) in [7, 11) is 0. The number of carbonyl (C=O) groups excluding carboxylic acids is 3. The Morgan fingerprint density at radius 3 is 2.63 bits per heavy atom. The molecule has 0 saturated carbocycles. The zero-order chi connectivity index (χ0) is 21.7. The number of nitrogens with zero attached hydrogens (tertiary/aromatic N) is 5. The molecule has 1 N–H and O–H groups in total. The smallest absolute Gasteiger partial charge is 0.410 e. The van der Waals surface area contributed by atoms with Crippen LogP contribution in [0.25, 0.3) is 0 Å². The van der Waals surface area contributed by atoms with Crippen LogP contribution in [0.4, 0.5) is 4.79 Å². The number of aliphatic imine (C=N–C) groups is 1. The molecule has 3 unspecified atom stereocenters. The molecule has 1 aromatic rings. The van der Waals surface area contributed by atoms with Crippen LogP contribution in [-0.2, 0) is 9.53 Å². The number of halogens is 1. The maximum atomic E-state index is 12.7. The molecule has 0 radical (unpaired) electrons. The molecule has 3 rings (SSSR count). The number of carbonyl (C=O) groups is 3. The number of hydrogen-bond acceptors (Lipinski definition) is 7. The van der Waals surface area contributed by atoms with Crippen molar-refractivity contribution in [2.24, 2.45) is 4.99 Å². The number of aromatic nitrogens is 2. The largest absolute Gasteiger partial charge is 0.440 e. The second kappa shape index (κ2) is 9.66. The van der Waals surface area contributed by atoms with E-state index in [1.165, 1.54) is 17.3 Å². The predicted octanol–water partition coefficient (Wildman–Crippen LogP) is 1.14. The summed E-state index contributed by atoms with van der Waals surface area (Å²) in [6.45, 7) is 5.12. The predicted molar refractivity (Wildman–Crippen MR) is 109 cm³/mol. The van der Waals surface area contributed by atoms with E-state index in [1.807, 2.05) is 6.92 Å². The van der Waals surface area contributed by atoms with Crippen molar-refractivity contribution in [2.75, 3.05) is 26.2 Å². The number of alkyl halides is 1. The molecule has 2 aliphatic rings. The van der Waals surface area contributed by atoms with Crippen molar-refractivity contribution >= 4 is 35.8 Å². The summed E-state index contributed by atoms with van der Waals surface area (Å²) < 4.78 is 5.49. The molecule has 2 aliphatic heterocycles. The van der Waals surface area contributed by atoms with Gasteiger partial charge in [0, 0.05) is 38.6 Å². The van der Waals surface area contributed by atoms with E-state index in [9.17, 15) is 14.4 Å². The third-order valence-corrected chi connectivity index (χ3v) is 5.32. The van der Waals surface area contributed by atoms with Crippen LogP contribution >= 0.6 is 11.6 Å². The van der Waals surface area contributed by atoms with Crippen LogP contribution in [0.5, 0.6) is 0 Å². The average Bonchev–Trinajstić information content (AvgIpc) is 2.76. The van der Waals surface area contributed by atoms with Gasteiger partial charge in [-0.3, -0.25) is 19.6 Å². The number of hydrogen-bond donors (Lipinski definition) is 1. The Kier molecular flexibility index (Phi) is 6.99. The maximum absolute atomic E-state index is 12.7. The van der Waals surface area contributed by atoms with Gasteiger partial charge in [-0.25, -0.2) is 9.78 Å². The van der Waals surface area contributed by atoms with Crippen LogP contribution in [0.3, 0.4) is 0 Å². The summed E-state index contributed by atoms with van der Waals surface area (Å²) in [5.74, 6) is -0.136. The molecule has 1 fully saturated rings. The van der Waals surface area contributed by atoms with E-state index in [4.69, 9.17) is 16.3 Å². The van der Waals surface area contributed by atoms with Crippen molar-refractivity contribution in [3.8, 4) is 0 Å². The van der Waals surface area contributed by atoms with Crippen molar-refractivity contribution in [1.29, 1.82) is 0 Å². The zero-order valence-corrected chi connectivity index (χ0v) is 17.5. The molecule has 1 aromatic heterocycles. The summed E-state index contributed by atoms with van der Waals surface area (Å²) in [6, 6.07) is -0.173. The Labute approximate surface area is 179 Å². The van der Waals surface area contributed by atoms with E-state index in [0.29, 0.717) is 32.0 Å². The molecule has 3 heterocycles. The number of piperazine rings is 1. The lowest BCUT2D eigenvalue weighted by atomic mass is 10.1. The lowest BCUT2D eigenvalue weighted by Gasteiger charge is -2.32. The summed E-state index contributed by atoms with van der Waals surface area (Å²) in [5.41, 5.74) is 0.277. The minimum Gasteiger partial charge on any atom is -0.440 e. The third-order valence-electron chi connectivity index (χ3n) is 4.81. The van der Waals surface area contributed by atoms with Crippen LogP contribution in [0.2, 0.25) is 0 Å². The minimum atomic E-state index is -0.800. The van der Waals surface area contributed by atoms with Gasteiger partial charge in [-0.15, -0.1) is 11.6 Å². The summed E-state index contributed by atoms with van der Waals surface area (Å²) >= 11 is 6.08. The number of dihydropyridines is 1. The van der Waals surface area contributed by atoms with Crippen molar-refractivity contribution in [1.82, 2.24) is 25.1 Å². The van der Waals surface area contributed by atoms with E-state index < -0.39 is 18.1 Å². The Hall–Kier alpha value is -3.01. The van der Waals surface area contributed by atoms with Gasteiger partial charge in [0.05, 0.1) is 11.4 Å². The van der Waals surface area contributed by atoms with E-state index in [0.717, 1.165) is 6.41 Å². The Morgan fingerprint density at radius 1 is 1.27 bits per heavy atom. The van der Waals surface area contributed by atoms with Gasteiger partial charge in [-0.05, 0) is 19.9 Å². The third kappa shape index (κ3) is 5.12. The van der Waals surface area contributed by atoms with Gasteiger partial charge in [0.15, 0.2) is 5.69 Å². The molecule has 10 nitrogen and oxygen atoms in total. The topological polar surface area (TPSA) is 117 Å². The first-order valence-electron chi connectivity index (χ1n) is 9.56. The standard InChI is InChI=1S/C19H23ClN6O4/c1-12-14(20)3-4-15(23-12)24-18(28)17-16(21-5-6-22-17)13(2)30-19(29)26-9-7-25(11-27)8-10-26/h3-6,11-14H,7-10H2,1-2H3,(H,23,24,28). The first-order chi connectivity index (χ1) is 14.4. The molecule has 30 heavy (non-hydrogen) atoms. The monoisotopic (exact) mass is 434 g/mol. The fraction of sp³-hybridized carbons (Fsp3) is 0.474. The van der Waals surface area contributed by atoms with E-state index in [2.05, 4.69) is 20.3 Å². The molecule has 3 amide bonds. The van der Waals surface area contributed by atoms with Crippen LogP contribution in [0, 0.1) is 0 Å². The molecule has 1 saturated heterocycles. The number of rotatable bonds is 4. The quantitative estimate of drug-likeness (QED) is 0.561. The highest BCUT2D eigenvalue weighted by Gasteiger charge is 2.27. The average molecular weight is 435 g/mol. The number of nitrogens with one attached hydrogen (secondary N) is 1. The first-order valence-corrected chi connectivity index (χ1v) is 10.00. The minimum absolute atomic E-state index is 0.0420. The highest BCUT2D eigenvalue weighted by Crippen LogP contribution is 2.19. The van der Waals surface area contributed by atoms with Gasteiger partial charge in [0.2, 0.25) is 6.41 Å². The maximum Gasteiger partial charge on any atom is 0.410 e. The second-order valence-electron chi connectivity index (χ2n) is 6.96. The number of amidine groups is 1. The SMILES string of the molecule is CC(OC(=O)N1CCN(C=O)CC1)c1nccnc1C(=O)NC1=NC(C)C(Cl)C=C1. The van der Waals surface area contributed by atoms with Crippen LogP contribution in [-0.4, -0.2) is 81.6 Å². The zero-order valence-electron chi connectivity index (χ0n) is 16.7. The van der Waals surface area contributed by atoms with Gasteiger partial charge in [-0.1, -0.05) is 6.08 Å². The molecule has 0 bridgehead atoms. The molecule has 0 aromatic carbocycles. The molecular weight excluding hydrogens is 412 g/mol. The highest BCUT2D eigenvalue weighted by atomic mass is 35.5. The molecule has 160 valence electrons. The van der Waals surface area contributed by atoms with E-state index in [-0.39, 0.29) is 22.8 Å². The van der Waals surface area contributed by atoms with Crippen LogP contribution in [0.15, 0.2) is 29.5 Å². The first kappa shape index (κ1) is 21.7. The number of ether oxygens (including phenoxy) is 1. The number of amides is 3. The van der Waals surface area contributed by atoms with Crippen LogP contribution in [0.1, 0.15) is 36.1 Å². The summed E-state index contributed by atoms with van der Waals surface area (Å²) in [4.78, 5) is 51.7. The summed E-state index contributed by atoms with van der Waals surface area (Å²) in [5, 5.41) is 2.45. The highest BCUT2D eigenvalue weighted by molar-refractivity contribution is 6.23. The van der Waals surface area contributed by atoms with Crippen LogP contribution < -0.4 is 5.32 Å². The molecule has 0 aliphatic carbocycles. The Bertz CT molecular complexity index is 868. The Morgan fingerprint density at radius 2 is 1.97 bits per heavy atom. The fourth-order valence-electron chi connectivity index (χ4n) is 3.04. The Balaban J connectivity index is 1.66. The lowest BCUT2D eigenvalue weighted by Crippen LogP contribution is -2.48. The van der Waals surface area contributed by atoms with Crippen molar-refractivity contribution < 1.29 is 19.1 Å². The molecule has 11 heteroatoms. The van der Waals surface area contributed by atoms with Gasteiger partial charge in [0.1, 0.15) is 17.6 Å². The molecule has 0 spiro atoms. The van der Waals surface area contributed by atoms with Gasteiger partial charge >= 0.3 is 6.09 Å². The molecule has 3 atom stereocenters. The van der Waals surface area contributed by atoms with E-state index in [1.54, 1.807) is 24.0 Å². The van der Waals surface area contributed by atoms with Gasteiger partial charge < -0.3 is 19.9 Å². The van der Waals surface area contributed by atoms with Crippen molar-refractivity contribution in [2.45, 2.75) is 31.4 Å². The fourth-order valence-corrected chi connectivity index (χ4v) is 3.17. The van der Waals surface area contributed by atoms with E-state index >= 15 is 0 Å². The second-order valence-corrected chi connectivity index (χ2v) is 7.46. The molecular formula is C19H23ClN6O4. The lowest BCUT2D eigenvalue weighted by molar-refractivity contribution is -0.119.